The van der Waals surface area contributed by atoms with Gasteiger partial charge in [0.15, 0.2) is 11.3 Å². The van der Waals surface area contributed by atoms with E-state index in [9.17, 15) is 0 Å². The molecule has 0 aliphatic carbocycles. The monoisotopic (exact) mass is 285 g/mol. The smallest absolute Gasteiger partial charge is 0.177 e. The molecule has 1 atom stereocenters. The van der Waals surface area contributed by atoms with Gasteiger partial charge < -0.3 is 18.9 Å². The molecular weight excluding hydrogens is 266 g/mol. The fraction of sp³-hybridized carbons (Fsp3) is 0.412. The maximum atomic E-state index is 6.01. The summed E-state index contributed by atoms with van der Waals surface area (Å²) in [6, 6.07) is 4.44. The Morgan fingerprint density at radius 3 is 2.48 bits per heavy atom. The number of benzene rings is 1. The van der Waals surface area contributed by atoms with E-state index in [-0.39, 0.29) is 0 Å². The van der Waals surface area contributed by atoms with E-state index in [0.717, 1.165) is 52.2 Å². The lowest BCUT2D eigenvalue weighted by molar-refractivity contribution is 0.413. The van der Waals surface area contributed by atoms with Crippen LogP contribution in [0.5, 0.6) is 5.75 Å². The molecule has 2 aromatic heterocycles. The Balaban J connectivity index is 2.16. The Bertz CT molecular complexity index is 764. The number of hydrogen-bond donors (Lipinski definition) is 1. The Morgan fingerprint density at radius 1 is 1.10 bits per heavy atom. The minimum atomic E-state index is 0.323. The van der Waals surface area contributed by atoms with Crippen molar-refractivity contribution in [3.63, 3.8) is 0 Å². The number of rotatable bonds is 2. The van der Waals surface area contributed by atoms with Crippen LogP contribution >= 0.6 is 0 Å². The SMILES string of the molecule is COc1c2cc(C)oc2c(C2CCCN2)c2cc(C)oc12. The first kappa shape index (κ1) is 12.8. The van der Waals surface area contributed by atoms with E-state index in [1.807, 2.05) is 19.9 Å². The van der Waals surface area contributed by atoms with Gasteiger partial charge in [-0.15, -0.1) is 0 Å². The zero-order chi connectivity index (χ0) is 14.6. The van der Waals surface area contributed by atoms with Crippen molar-refractivity contribution in [3.8, 4) is 5.75 Å². The zero-order valence-electron chi connectivity index (χ0n) is 12.6. The quantitative estimate of drug-likeness (QED) is 0.765. The van der Waals surface area contributed by atoms with Crippen molar-refractivity contribution < 1.29 is 13.6 Å². The standard InChI is InChI=1S/C17H19NO3/c1-9-7-11-14(13-5-4-6-18-13)15-12(8-10(2)20-15)16(19-3)17(11)21-9/h7-8,13,18H,4-6H2,1-3H3. The molecule has 1 fully saturated rings. The van der Waals surface area contributed by atoms with Gasteiger partial charge in [-0.3, -0.25) is 0 Å². The molecule has 1 aliphatic rings. The molecule has 4 rings (SSSR count). The second-order valence-corrected chi connectivity index (χ2v) is 5.80. The van der Waals surface area contributed by atoms with E-state index in [2.05, 4.69) is 11.4 Å². The summed E-state index contributed by atoms with van der Waals surface area (Å²) < 4.78 is 17.5. The van der Waals surface area contributed by atoms with Gasteiger partial charge >= 0.3 is 0 Å². The molecule has 110 valence electrons. The Kier molecular flexibility index (Phi) is 2.76. The Hall–Kier alpha value is -1.94. The maximum Gasteiger partial charge on any atom is 0.177 e. The third-order valence-corrected chi connectivity index (χ3v) is 4.31. The van der Waals surface area contributed by atoms with Crippen LogP contribution in [0.2, 0.25) is 0 Å². The first-order valence-corrected chi connectivity index (χ1v) is 7.42. The number of hydrogen-bond acceptors (Lipinski definition) is 4. The number of nitrogens with one attached hydrogen (secondary N) is 1. The molecule has 21 heavy (non-hydrogen) atoms. The summed E-state index contributed by atoms with van der Waals surface area (Å²) in [5.41, 5.74) is 2.97. The summed E-state index contributed by atoms with van der Waals surface area (Å²) in [6.45, 7) is 4.99. The topological polar surface area (TPSA) is 47.5 Å². The Morgan fingerprint density at radius 2 is 1.81 bits per heavy atom. The van der Waals surface area contributed by atoms with E-state index >= 15 is 0 Å². The lowest BCUT2D eigenvalue weighted by atomic mass is 9.98. The number of aryl methyl sites for hydroxylation is 2. The number of furan rings is 2. The van der Waals surface area contributed by atoms with Crippen molar-refractivity contribution in [1.29, 1.82) is 0 Å². The molecule has 4 nitrogen and oxygen atoms in total. The summed E-state index contributed by atoms with van der Waals surface area (Å²) in [7, 11) is 1.68. The third-order valence-electron chi connectivity index (χ3n) is 4.31. The second-order valence-electron chi connectivity index (χ2n) is 5.80. The molecule has 3 heterocycles. The van der Waals surface area contributed by atoms with Crippen LogP contribution in [0, 0.1) is 13.8 Å². The summed E-state index contributed by atoms with van der Waals surface area (Å²) in [5.74, 6) is 2.56. The highest BCUT2D eigenvalue weighted by Crippen LogP contribution is 2.44. The van der Waals surface area contributed by atoms with E-state index in [4.69, 9.17) is 13.6 Å². The van der Waals surface area contributed by atoms with Crippen molar-refractivity contribution in [2.75, 3.05) is 13.7 Å². The van der Waals surface area contributed by atoms with Gasteiger partial charge in [-0.25, -0.2) is 0 Å². The van der Waals surface area contributed by atoms with Crippen molar-refractivity contribution >= 4 is 21.9 Å². The average molecular weight is 285 g/mol. The van der Waals surface area contributed by atoms with E-state index in [1.165, 1.54) is 12.0 Å². The Labute approximate surface area is 123 Å². The third kappa shape index (κ3) is 1.79. The van der Waals surface area contributed by atoms with Crippen LogP contribution in [0.1, 0.15) is 36.0 Å². The summed E-state index contributed by atoms with van der Waals surface area (Å²) in [5, 5.41) is 5.67. The van der Waals surface area contributed by atoms with Crippen LogP contribution in [-0.2, 0) is 0 Å². The van der Waals surface area contributed by atoms with Crippen LogP contribution < -0.4 is 10.1 Å². The normalized spacial score (nSPS) is 18.9. The summed E-state index contributed by atoms with van der Waals surface area (Å²) in [4.78, 5) is 0. The molecule has 1 saturated heterocycles. The van der Waals surface area contributed by atoms with Crippen molar-refractivity contribution in [1.82, 2.24) is 5.32 Å². The number of methoxy groups -OCH3 is 1. The molecule has 4 heteroatoms. The number of fused-ring (bicyclic) bond motifs is 2. The molecule has 0 amide bonds. The van der Waals surface area contributed by atoms with Gasteiger partial charge in [-0.05, 0) is 45.4 Å². The molecule has 0 spiro atoms. The average Bonchev–Trinajstić information content (AvgIpc) is 3.14. The van der Waals surface area contributed by atoms with Gasteiger partial charge in [0.05, 0.1) is 12.5 Å². The minimum Gasteiger partial charge on any atom is -0.492 e. The van der Waals surface area contributed by atoms with Gasteiger partial charge in [-0.2, -0.15) is 0 Å². The van der Waals surface area contributed by atoms with Crippen molar-refractivity contribution in [2.24, 2.45) is 0 Å². The first-order valence-electron chi connectivity index (χ1n) is 7.42. The fourth-order valence-corrected chi connectivity index (χ4v) is 3.49. The van der Waals surface area contributed by atoms with Gasteiger partial charge in [0.1, 0.15) is 17.1 Å². The number of ether oxygens (including phenoxy) is 1. The highest BCUT2D eigenvalue weighted by molar-refractivity contribution is 6.05. The molecule has 1 N–H and O–H groups in total. The van der Waals surface area contributed by atoms with Gasteiger partial charge in [0.25, 0.3) is 0 Å². The minimum absolute atomic E-state index is 0.323. The van der Waals surface area contributed by atoms with Crippen molar-refractivity contribution in [2.45, 2.75) is 32.7 Å². The van der Waals surface area contributed by atoms with Gasteiger partial charge in [0.2, 0.25) is 0 Å². The van der Waals surface area contributed by atoms with Crippen LogP contribution in [0.15, 0.2) is 21.0 Å². The predicted molar refractivity (Wildman–Crippen MR) is 82.0 cm³/mol. The molecule has 0 radical (unpaired) electrons. The molecule has 1 unspecified atom stereocenters. The van der Waals surface area contributed by atoms with Crippen LogP contribution in [0.4, 0.5) is 0 Å². The summed E-state index contributed by atoms with van der Waals surface area (Å²) >= 11 is 0. The molecular formula is C17H19NO3. The predicted octanol–water partition coefficient (Wildman–Crippen LogP) is 4.23. The fourth-order valence-electron chi connectivity index (χ4n) is 3.49. The lowest BCUT2D eigenvalue weighted by Gasteiger charge is -2.14. The maximum absolute atomic E-state index is 6.01. The molecule has 0 saturated carbocycles. The first-order chi connectivity index (χ1) is 10.2. The van der Waals surface area contributed by atoms with E-state index in [0.29, 0.717) is 6.04 Å². The summed E-state index contributed by atoms with van der Waals surface area (Å²) in [6.07, 6.45) is 2.32. The lowest BCUT2D eigenvalue weighted by Crippen LogP contribution is -2.13. The highest BCUT2D eigenvalue weighted by Gasteiger charge is 2.27. The molecule has 0 bridgehead atoms. The van der Waals surface area contributed by atoms with E-state index in [1.54, 1.807) is 7.11 Å². The van der Waals surface area contributed by atoms with Gasteiger partial charge in [0, 0.05) is 17.0 Å². The molecule has 3 aromatic rings. The zero-order valence-corrected chi connectivity index (χ0v) is 12.6. The van der Waals surface area contributed by atoms with E-state index < -0.39 is 0 Å². The molecule has 1 aromatic carbocycles. The largest absolute Gasteiger partial charge is 0.492 e. The van der Waals surface area contributed by atoms with Crippen LogP contribution in [-0.4, -0.2) is 13.7 Å². The van der Waals surface area contributed by atoms with Gasteiger partial charge in [-0.1, -0.05) is 0 Å². The van der Waals surface area contributed by atoms with Crippen LogP contribution in [0.25, 0.3) is 21.9 Å². The second kappa shape index (κ2) is 4.53. The van der Waals surface area contributed by atoms with Crippen LogP contribution in [0.3, 0.4) is 0 Å². The van der Waals surface area contributed by atoms with Crippen molar-refractivity contribution in [3.05, 3.63) is 29.2 Å². The highest BCUT2D eigenvalue weighted by atomic mass is 16.5. The molecule has 1 aliphatic heterocycles.